The lowest BCUT2D eigenvalue weighted by molar-refractivity contribution is 0.0270. The van der Waals surface area contributed by atoms with Gasteiger partial charge in [0.1, 0.15) is 5.60 Å². The van der Waals surface area contributed by atoms with Crippen LogP contribution < -0.4 is 0 Å². The van der Waals surface area contributed by atoms with Gasteiger partial charge in [0.15, 0.2) is 0 Å². The number of amides is 1. The molecule has 4 nitrogen and oxygen atoms in total. The van der Waals surface area contributed by atoms with E-state index >= 15 is 0 Å². The van der Waals surface area contributed by atoms with E-state index < -0.39 is 5.60 Å². The maximum absolute atomic E-state index is 12.2. The zero-order valence-corrected chi connectivity index (χ0v) is 12.9. The van der Waals surface area contributed by atoms with E-state index in [1.165, 1.54) is 5.56 Å². The van der Waals surface area contributed by atoms with Gasteiger partial charge in [0.05, 0.1) is 6.61 Å². The SMILES string of the molecule is CC(C)(C)OC(=O)N1C[C@H]2CC2(c2ccc(CO)cc2)C1. The Hall–Kier alpha value is -1.55. The van der Waals surface area contributed by atoms with E-state index in [1.807, 2.05) is 37.8 Å². The summed E-state index contributed by atoms with van der Waals surface area (Å²) in [6.07, 6.45) is 0.936. The highest BCUT2D eigenvalue weighted by molar-refractivity contribution is 5.69. The number of carbonyl (C=O) groups excluding carboxylic acids is 1. The minimum atomic E-state index is -0.445. The number of hydrogen-bond donors (Lipinski definition) is 1. The predicted molar refractivity (Wildman–Crippen MR) is 80.0 cm³/mol. The third-order valence-electron chi connectivity index (χ3n) is 4.51. The van der Waals surface area contributed by atoms with Crippen molar-refractivity contribution < 1.29 is 14.6 Å². The predicted octanol–water partition coefficient (Wildman–Crippen LogP) is 2.69. The summed E-state index contributed by atoms with van der Waals surface area (Å²) in [5.41, 5.74) is 1.87. The highest BCUT2D eigenvalue weighted by atomic mass is 16.6. The number of carbonyl (C=O) groups is 1. The van der Waals surface area contributed by atoms with Crippen LogP contribution >= 0.6 is 0 Å². The molecule has 3 rings (SSSR count). The molecule has 21 heavy (non-hydrogen) atoms. The van der Waals surface area contributed by atoms with Crippen molar-refractivity contribution in [2.75, 3.05) is 13.1 Å². The number of hydrogen-bond acceptors (Lipinski definition) is 3. The topological polar surface area (TPSA) is 49.8 Å². The average molecular weight is 289 g/mol. The van der Waals surface area contributed by atoms with Gasteiger partial charge in [0.25, 0.3) is 0 Å². The maximum Gasteiger partial charge on any atom is 0.410 e. The van der Waals surface area contributed by atoms with Gasteiger partial charge in [-0.1, -0.05) is 24.3 Å². The molecule has 1 heterocycles. The fraction of sp³-hybridized carbons (Fsp3) is 0.588. The van der Waals surface area contributed by atoms with Gasteiger partial charge in [-0.05, 0) is 44.2 Å². The summed E-state index contributed by atoms with van der Waals surface area (Å²) in [4.78, 5) is 14.0. The summed E-state index contributed by atoms with van der Waals surface area (Å²) < 4.78 is 5.46. The lowest BCUT2D eigenvalue weighted by atomic mass is 9.94. The fourth-order valence-corrected chi connectivity index (χ4v) is 3.34. The van der Waals surface area contributed by atoms with Crippen molar-refractivity contribution >= 4 is 6.09 Å². The number of aliphatic hydroxyl groups excluding tert-OH is 1. The Balaban J connectivity index is 1.70. The monoisotopic (exact) mass is 289 g/mol. The van der Waals surface area contributed by atoms with Crippen LogP contribution in [-0.4, -0.2) is 34.8 Å². The van der Waals surface area contributed by atoms with Gasteiger partial charge in [0, 0.05) is 18.5 Å². The van der Waals surface area contributed by atoms with E-state index in [1.54, 1.807) is 0 Å². The van der Waals surface area contributed by atoms with Gasteiger partial charge < -0.3 is 14.7 Å². The normalized spacial score (nSPS) is 27.4. The summed E-state index contributed by atoms with van der Waals surface area (Å²) in [7, 11) is 0. The van der Waals surface area contributed by atoms with Crippen LogP contribution in [0.5, 0.6) is 0 Å². The Morgan fingerprint density at radius 3 is 2.62 bits per heavy atom. The van der Waals surface area contributed by atoms with Gasteiger partial charge in [-0.2, -0.15) is 0 Å². The molecule has 2 atom stereocenters. The summed E-state index contributed by atoms with van der Waals surface area (Å²) >= 11 is 0. The second-order valence-electron chi connectivity index (χ2n) is 7.27. The molecule has 2 fully saturated rings. The number of rotatable bonds is 2. The molecule has 0 spiro atoms. The van der Waals surface area contributed by atoms with Crippen LogP contribution in [0.15, 0.2) is 24.3 Å². The van der Waals surface area contributed by atoms with Crippen LogP contribution in [-0.2, 0) is 16.8 Å². The van der Waals surface area contributed by atoms with Crippen molar-refractivity contribution in [3.63, 3.8) is 0 Å². The molecule has 4 heteroatoms. The van der Waals surface area contributed by atoms with E-state index in [4.69, 9.17) is 9.84 Å². The van der Waals surface area contributed by atoms with Gasteiger partial charge in [-0.3, -0.25) is 0 Å². The number of aliphatic hydroxyl groups is 1. The Morgan fingerprint density at radius 2 is 2.05 bits per heavy atom. The lowest BCUT2D eigenvalue weighted by Gasteiger charge is -2.26. The number of nitrogens with zero attached hydrogens (tertiary/aromatic N) is 1. The number of piperidine rings is 1. The number of fused-ring (bicyclic) bond motifs is 1. The molecule has 1 aromatic carbocycles. The summed E-state index contributed by atoms with van der Waals surface area (Å²) in [6, 6.07) is 8.11. The van der Waals surface area contributed by atoms with Crippen molar-refractivity contribution in [2.24, 2.45) is 5.92 Å². The Bertz CT molecular complexity index is 546. The molecule has 114 valence electrons. The molecule has 1 aliphatic carbocycles. The van der Waals surface area contributed by atoms with E-state index in [-0.39, 0.29) is 18.1 Å². The van der Waals surface area contributed by atoms with Gasteiger partial charge in [-0.25, -0.2) is 4.79 Å². The number of likely N-dealkylation sites (tertiary alicyclic amines) is 1. The minimum absolute atomic E-state index is 0.0702. The van der Waals surface area contributed by atoms with Crippen molar-refractivity contribution in [3.05, 3.63) is 35.4 Å². The molecule has 1 amide bonds. The quantitative estimate of drug-likeness (QED) is 0.910. The third-order valence-corrected chi connectivity index (χ3v) is 4.51. The molecule has 1 N–H and O–H groups in total. The first-order chi connectivity index (χ1) is 9.84. The second-order valence-corrected chi connectivity index (χ2v) is 7.27. The molecule has 1 saturated carbocycles. The molecule has 0 aromatic heterocycles. The third kappa shape index (κ3) is 2.64. The molecular formula is C17H23NO3. The first-order valence-corrected chi connectivity index (χ1v) is 7.52. The first kappa shape index (κ1) is 14.4. The Morgan fingerprint density at radius 1 is 1.38 bits per heavy atom. The van der Waals surface area contributed by atoms with Crippen LogP contribution in [0, 0.1) is 5.92 Å². The van der Waals surface area contributed by atoms with E-state index in [9.17, 15) is 4.79 Å². The van der Waals surface area contributed by atoms with Crippen LogP contribution in [0.4, 0.5) is 4.79 Å². The Kier molecular flexibility index (Phi) is 3.24. The van der Waals surface area contributed by atoms with Gasteiger partial charge in [0.2, 0.25) is 0 Å². The second kappa shape index (κ2) is 4.73. The van der Waals surface area contributed by atoms with Gasteiger partial charge in [-0.15, -0.1) is 0 Å². The molecule has 1 aliphatic heterocycles. The molecule has 1 aromatic rings. The zero-order chi connectivity index (χ0) is 15.3. The summed E-state index contributed by atoms with van der Waals surface area (Å²) in [5.74, 6) is 0.546. The van der Waals surface area contributed by atoms with Gasteiger partial charge >= 0.3 is 6.09 Å². The van der Waals surface area contributed by atoms with Crippen molar-refractivity contribution in [1.29, 1.82) is 0 Å². The highest BCUT2D eigenvalue weighted by Gasteiger charge is 2.62. The zero-order valence-electron chi connectivity index (χ0n) is 12.9. The lowest BCUT2D eigenvalue weighted by Crippen LogP contribution is -2.37. The number of ether oxygens (including phenoxy) is 1. The van der Waals surface area contributed by atoms with E-state index in [0.29, 0.717) is 5.92 Å². The minimum Gasteiger partial charge on any atom is -0.444 e. The smallest absolute Gasteiger partial charge is 0.410 e. The molecule has 0 bridgehead atoms. The van der Waals surface area contributed by atoms with E-state index in [2.05, 4.69) is 12.1 Å². The number of benzene rings is 1. The Labute approximate surface area is 125 Å². The van der Waals surface area contributed by atoms with Crippen LogP contribution in [0.3, 0.4) is 0 Å². The van der Waals surface area contributed by atoms with Crippen LogP contribution in [0.2, 0.25) is 0 Å². The molecule has 0 radical (unpaired) electrons. The summed E-state index contributed by atoms with van der Waals surface area (Å²) in [5, 5.41) is 9.12. The molecule has 1 unspecified atom stereocenters. The molecular weight excluding hydrogens is 266 g/mol. The highest BCUT2D eigenvalue weighted by Crippen LogP contribution is 2.59. The maximum atomic E-state index is 12.2. The van der Waals surface area contributed by atoms with Crippen molar-refractivity contribution in [1.82, 2.24) is 4.90 Å². The van der Waals surface area contributed by atoms with E-state index in [0.717, 1.165) is 25.1 Å². The van der Waals surface area contributed by atoms with Crippen molar-refractivity contribution in [3.8, 4) is 0 Å². The molecule has 1 saturated heterocycles. The fourth-order valence-electron chi connectivity index (χ4n) is 3.34. The largest absolute Gasteiger partial charge is 0.444 e. The summed E-state index contributed by atoms with van der Waals surface area (Å²) in [6.45, 7) is 7.28. The van der Waals surface area contributed by atoms with Crippen molar-refractivity contribution in [2.45, 2.75) is 44.8 Å². The van der Waals surface area contributed by atoms with Crippen LogP contribution in [0.25, 0.3) is 0 Å². The average Bonchev–Trinajstić information content (AvgIpc) is 2.99. The van der Waals surface area contributed by atoms with Crippen LogP contribution in [0.1, 0.15) is 38.3 Å². The standard InChI is InChI=1S/C17H23NO3/c1-16(2,3)21-15(20)18-9-14-8-17(14,11-18)13-6-4-12(10-19)5-7-13/h4-7,14,19H,8-11H2,1-3H3/t14-,17?/m1/s1. The first-order valence-electron chi connectivity index (χ1n) is 7.52. The molecule has 2 aliphatic rings.